The second-order valence-electron chi connectivity index (χ2n) is 4.22. The molecule has 2 rings (SSSR count). The van der Waals surface area contributed by atoms with Gasteiger partial charge in [0, 0.05) is 30.2 Å². The highest BCUT2D eigenvalue weighted by Crippen LogP contribution is 2.30. The summed E-state index contributed by atoms with van der Waals surface area (Å²) in [5, 5.41) is 20.0. The summed E-state index contributed by atoms with van der Waals surface area (Å²) in [4.78, 5) is 27.2. The van der Waals surface area contributed by atoms with Gasteiger partial charge < -0.3 is 10.0 Å². The molecule has 0 amide bonds. The van der Waals surface area contributed by atoms with Crippen LogP contribution in [0.2, 0.25) is 0 Å². The second kappa shape index (κ2) is 5.43. The predicted octanol–water partition coefficient (Wildman–Crippen LogP) is 1.63. The van der Waals surface area contributed by atoms with Crippen LogP contribution in [-0.4, -0.2) is 45.1 Å². The van der Waals surface area contributed by atoms with E-state index in [2.05, 4.69) is 4.98 Å². The van der Waals surface area contributed by atoms with Gasteiger partial charge >= 0.3 is 11.7 Å². The number of hydrogen-bond acceptors (Lipinski definition) is 6. The van der Waals surface area contributed by atoms with Crippen LogP contribution in [0.25, 0.3) is 0 Å². The molecule has 0 aromatic carbocycles. The van der Waals surface area contributed by atoms with Gasteiger partial charge in [-0.3, -0.25) is 10.1 Å². The molecule has 1 aromatic heterocycles. The molecule has 1 fully saturated rings. The van der Waals surface area contributed by atoms with Crippen molar-refractivity contribution < 1.29 is 14.8 Å². The van der Waals surface area contributed by atoms with E-state index in [0.29, 0.717) is 6.54 Å². The zero-order chi connectivity index (χ0) is 14.0. The number of aromatic nitrogens is 1. The van der Waals surface area contributed by atoms with Gasteiger partial charge in [0.15, 0.2) is 5.69 Å². The average molecular weight is 283 g/mol. The molecule has 1 atom stereocenters. The first kappa shape index (κ1) is 13.6. The van der Waals surface area contributed by atoms with Gasteiger partial charge in [-0.25, -0.2) is 9.78 Å². The zero-order valence-electron chi connectivity index (χ0n) is 10.3. The van der Waals surface area contributed by atoms with Crippen LogP contribution in [0.5, 0.6) is 0 Å². The van der Waals surface area contributed by atoms with Crippen molar-refractivity contribution in [3.63, 3.8) is 0 Å². The standard InChI is InChI=1S/C11H13N3O4S/c1-7-6-19-5-4-13(7)10-9(14(17)18)3-2-8(12-10)11(15)16/h2-3,7H,4-6H2,1H3,(H,15,16). The third-order valence-corrected chi connectivity index (χ3v) is 4.10. The van der Waals surface area contributed by atoms with Crippen LogP contribution >= 0.6 is 11.8 Å². The van der Waals surface area contributed by atoms with Crippen molar-refractivity contribution in [2.75, 3.05) is 23.0 Å². The summed E-state index contributed by atoms with van der Waals surface area (Å²) in [6, 6.07) is 2.46. The van der Waals surface area contributed by atoms with Gasteiger partial charge in [-0.15, -0.1) is 0 Å². The predicted molar refractivity (Wildman–Crippen MR) is 72.0 cm³/mol. The molecule has 1 unspecified atom stereocenters. The molecule has 0 saturated carbocycles. The van der Waals surface area contributed by atoms with Crippen LogP contribution in [0.1, 0.15) is 17.4 Å². The van der Waals surface area contributed by atoms with Crippen LogP contribution in [-0.2, 0) is 0 Å². The van der Waals surface area contributed by atoms with E-state index in [1.165, 1.54) is 6.07 Å². The molecule has 102 valence electrons. The first-order chi connectivity index (χ1) is 9.00. The monoisotopic (exact) mass is 283 g/mol. The number of aromatic carboxylic acids is 1. The molecule has 8 heteroatoms. The van der Waals surface area contributed by atoms with E-state index in [4.69, 9.17) is 5.11 Å². The molecule has 1 N–H and O–H groups in total. The molecule has 0 spiro atoms. The second-order valence-corrected chi connectivity index (χ2v) is 5.37. The Morgan fingerprint density at radius 3 is 2.95 bits per heavy atom. The molecular formula is C11H13N3O4S. The minimum Gasteiger partial charge on any atom is -0.477 e. The largest absolute Gasteiger partial charge is 0.477 e. The number of carbonyl (C=O) groups is 1. The molecule has 0 bridgehead atoms. The SMILES string of the molecule is CC1CSCCN1c1nc(C(=O)O)ccc1[N+](=O)[O-]. The number of carboxylic acids is 1. The van der Waals surface area contributed by atoms with Gasteiger partial charge in [0.05, 0.1) is 4.92 Å². The van der Waals surface area contributed by atoms with Gasteiger partial charge in [0.25, 0.3) is 0 Å². The van der Waals surface area contributed by atoms with Gasteiger partial charge in [-0.2, -0.15) is 11.8 Å². The molecule has 1 aliphatic rings. The van der Waals surface area contributed by atoms with E-state index >= 15 is 0 Å². The van der Waals surface area contributed by atoms with E-state index in [9.17, 15) is 14.9 Å². The molecule has 1 saturated heterocycles. The Hall–Kier alpha value is -1.83. The van der Waals surface area contributed by atoms with E-state index in [0.717, 1.165) is 17.6 Å². The summed E-state index contributed by atoms with van der Waals surface area (Å²) in [5.41, 5.74) is -0.324. The molecule has 1 aliphatic heterocycles. The minimum atomic E-state index is -1.19. The number of carboxylic acid groups (broad SMARTS) is 1. The Morgan fingerprint density at radius 1 is 1.63 bits per heavy atom. The van der Waals surface area contributed by atoms with Gasteiger partial charge in [0.2, 0.25) is 5.82 Å². The Bertz CT molecular complexity index is 523. The fraction of sp³-hybridized carbons (Fsp3) is 0.455. The van der Waals surface area contributed by atoms with Crippen molar-refractivity contribution >= 4 is 29.2 Å². The molecule has 19 heavy (non-hydrogen) atoms. The van der Waals surface area contributed by atoms with Crippen molar-refractivity contribution in [2.24, 2.45) is 0 Å². The maximum absolute atomic E-state index is 11.0. The van der Waals surface area contributed by atoms with Crippen molar-refractivity contribution in [1.82, 2.24) is 4.98 Å². The quantitative estimate of drug-likeness (QED) is 0.665. The summed E-state index contributed by atoms with van der Waals surface area (Å²) in [6.07, 6.45) is 0. The topological polar surface area (TPSA) is 96.6 Å². The number of rotatable bonds is 3. The third kappa shape index (κ3) is 2.78. The average Bonchev–Trinajstić information content (AvgIpc) is 2.38. The summed E-state index contributed by atoms with van der Waals surface area (Å²) < 4.78 is 0. The van der Waals surface area contributed by atoms with Crippen LogP contribution < -0.4 is 4.90 Å². The normalized spacial score (nSPS) is 19.2. The molecule has 2 heterocycles. The van der Waals surface area contributed by atoms with Crippen LogP contribution in [0.15, 0.2) is 12.1 Å². The lowest BCUT2D eigenvalue weighted by Gasteiger charge is -2.33. The molecule has 7 nitrogen and oxygen atoms in total. The van der Waals surface area contributed by atoms with Crippen molar-refractivity contribution in [3.8, 4) is 0 Å². The fourth-order valence-corrected chi connectivity index (χ4v) is 2.97. The van der Waals surface area contributed by atoms with E-state index < -0.39 is 10.9 Å². The molecule has 0 aliphatic carbocycles. The molecule has 1 aromatic rings. The molecule has 0 radical (unpaired) electrons. The van der Waals surface area contributed by atoms with Gasteiger partial charge in [-0.05, 0) is 13.0 Å². The van der Waals surface area contributed by atoms with Crippen LogP contribution in [0.3, 0.4) is 0 Å². The number of pyridine rings is 1. The fourth-order valence-electron chi connectivity index (χ4n) is 1.96. The maximum Gasteiger partial charge on any atom is 0.354 e. The Labute approximate surface area is 113 Å². The summed E-state index contributed by atoms with van der Waals surface area (Å²) in [6.45, 7) is 2.58. The van der Waals surface area contributed by atoms with Crippen molar-refractivity contribution in [1.29, 1.82) is 0 Å². The van der Waals surface area contributed by atoms with Crippen molar-refractivity contribution in [2.45, 2.75) is 13.0 Å². The number of thioether (sulfide) groups is 1. The third-order valence-electron chi connectivity index (χ3n) is 2.91. The highest BCUT2D eigenvalue weighted by atomic mass is 32.2. The summed E-state index contributed by atoms with van der Waals surface area (Å²) >= 11 is 1.77. The zero-order valence-corrected chi connectivity index (χ0v) is 11.1. The lowest BCUT2D eigenvalue weighted by atomic mass is 10.2. The van der Waals surface area contributed by atoms with E-state index in [1.807, 2.05) is 6.92 Å². The molecular weight excluding hydrogens is 270 g/mol. The Balaban J connectivity index is 2.47. The minimum absolute atomic E-state index is 0.0917. The lowest BCUT2D eigenvalue weighted by molar-refractivity contribution is -0.384. The lowest BCUT2D eigenvalue weighted by Crippen LogP contribution is -2.41. The van der Waals surface area contributed by atoms with Crippen molar-refractivity contribution in [3.05, 3.63) is 27.9 Å². The van der Waals surface area contributed by atoms with Crippen LogP contribution in [0.4, 0.5) is 11.5 Å². The maximum atomic E-state index is 11.0. The Morgan fingerprint density at radius 2 is 2.37 bits per heavy atom. The highest BCUT2D eigenvalue weighted by Gasteiger charge is 2.28. The first-order valence-electron chi connectivity index (χ1n) is 5.74. The Kier molecular flexibility index (Phi) is 3.89. The first-order valence-corrected chi connectivity index (χ1v) is 6.89. The number of nitrogens with zero attached hydrogens (tertiary/aromatic N) is 3. The highest BCUT2D eigenvalue weighted by molar-refractivity contribution is 7.99. The number of nitro groups is 1. The van der Waals surface area contributed by atoms with Gasteiger partial charge in [0.1, 0.15) is 0 Å². The van der Waals surface area contributed by atoms with Gasteiger partial charge in [-0.1, -0.05) is 0 Å². The summed E-state index contributed by atoms with van der Waals surface area (Å²) in [7, 11) is 0. The van der Waals surface area contributed by atoms with E-state index in [1.54, 1.807) is 16.7 Å². The number of hydrogen-bond donors (Lipinski definition) is 1. The summed E-state index contributed by atoms with van der Waals surface area (Å²) in [5.74, 6) is 0.657. The number of anilines is 1. The smallest absolute Gasteiger partial charge is 0.354 e. The van der Waals surface area contributed by atoms with Crippen LogP contribution in [0, 0.1) is 10.1 Å². The van der Waals surface area contributed by atoms with E-state index in [-0.39, 0.29) is 23.2 Å².